The van der Waals surface area contributed by atoms with Crippen molar-refractivity contribution in [3.05, 3.63) is 18.2 Å². The number of nitrogens with two attached hydrogens (primary N) is 1. The van der Waals surface area contributed by atoms with Crippen molar-refractivity contribution in [2.45, 2.75) is 13.8 Å². The SMILES string of the molecule is CC(=O)Nc1cc(N)cc(NC(C)=O)c1. The summed E-state index contributed by atoms with van der Waals surface area (Å²) in [6, 6.07) is 4.87. The Bertz CT molecular complexity index is 367. The van der Waals surface area contributed by atoms with Gasteiger partial charge in [-0.1, -0.05) is 0 Å². The van der Waals surface area contributed by atoms with Crippen molar-refractivity contribution in [3.63, 3.8) is 0 Å². The van der Waals surface area contributed by atoms with Crippen LogP contribution in [0.25, 0.3) is 0 Å². The Balaban J connectivity index is 2.94. The lowest BCUT2D eigenvalue weighted by atomic mass is 10.2. The summed E-state index contributed by atoms with van der Waals surface area (Å²) in [6.45, 7) is 2.81. The molecule has 15 heavy (non-hydrogen) atoms. The number of amides is 2. The van der Waals surface area contributed by atoms with E-state index in [0.717, 1.165) is 0 Å². The minimum atomic E-state index is -0.186. The Hall–Kier alpha value is -2.04. The maximum Gasteiger partial charge on any atom is 0.221 e. The van der Waals surface area contributed by atoms with Crippen LogP contribution < -0.4 is 16.4 Å². The van der Waals surface area contributed by atoms with Crippen LogP contribution in [-0.2, 0) is 9.59 Å². The van der Waals surface area contributed by atoms with Gasteiger partial charge in [-0.3, -0.25) is 9.59 Å². The van der Waals surface area contributed by atoms with Crippen molar-refractivity contribution < 1.29 is 9.59 Å². The Labute approximate surface area is 87.7 Å². The van der Waals surface area contributed by atoms with Crippen LogP contribution >= 0.6 is 0 Å². The van der Waals surface area contributed by atoms with Gasteiger partial charge in [0, 0.05) is 30.9 Å². The Kier molecular flexibility index (Phi) is 3.28. The molecule has 1 aromatic carbocycles. The van der Waals surface area contributed by atoms with Crippen molar-refractivity contribution in [1.82, 2.24) is 0 Å². The van der Waals surface area contributed by atoms with Gasteiger partial charge in [0.05, 0.1) is 0 Å². The third-order valence-corrected chi connectivity index (χ3v) is 1.60. The van der Waals surface area contributed by atoms with Crippen LogP contribution in [0.4, 0.5) is 17.1 Å². The lowest BCUT2D eigenvalue weighted by Gasteiger charge is -2.07. The van der Waals surface area contributed by atoms with Crippen molar-refractivity contribution in [2.75, 3.05) is 16.4 Å². The molecule has 0 aliphatic rings. The van der Waals surface area contributed by atoms with E-state index in [0.29, 0.717) is 17.1 Å². The number of benzene rings is 1. The van der Waals surface area contributed by atoms with Crippen LogP contribution in [0.15, 0.2) is 18.2 Å². The molecule has 0 unspecified atom stereocenters. The summed E-state index contributed by atoms with van der Waals surface area (Å²) in [7, 11) is 0. The van der Waals surface area contributed by atoms with E-state index in [4.69, 9.17) is 5.73 Å². The molecule has 0 radical (unpaired) electrons. The molecule has 0 heterocycles. The van der Waals surface area contributed by atoms with Gasteiger partial charge in [0.1, 0.15) is 0 Å². The highest BCUT2D eigenvalue weighted by atomic mass is 16.2. The van der Waals surface area contributed by atoms with Crippen molar-refractivity contribution in [2.24, 2.45) is 0 Å². The molecule has 0 aromatic heterocycles. The fraction of sp³-hybridized carbons (Fsp3) is 0.200. The molecule has 80 valence electrons. The minimum absolute atomic E-state index is 0.186. The maximum absolute atomic E-state index is 10.8. The summed E-state index contributed by atoms with van der Waals surface area (Å²) >= 11 is 0. The number of carbonyl (C=O) groups is 2. The smallest absolute Gasteiger partial charge is 0.221 e. The van der Waals surface area contributed by atoms with Gasteiger partial charge in [0.2, 0.25) is 11.8 Å². The first-order valence-corrected chi connectivity index (χ1v) is 4.43. The predicted molar refractivity (Wildman–Crippen MR) is 59.5 cm³/mol. The monoisotopic (exact) mass is 207 g/mol. The molecule has 0 saturated heterocycles. The highest BCUT2D eigenvalue weighted by molar-refractivity contribution is 5.93. The second-order valence-corrected chi connectivity index (χ2v) is 3.21. The number of anilines is 3. The van der Waals surface area contributed by atoms with Crippen LogP contribution in [0.5, 0.6) is 0 Å². The van der Waals surface area contributed by atoms with Crippen LogP contribution in [0.3, 0.4) is 0 Å². The second kappa shape index (κ2) is 4.45. The number of carbonyl (C=O) groups excluding carboxylic acids is 2. The zero-order chi connectivity index (χ0) is 11.4. The number of rotatable bonds is 2. The third-order valence-electron chi connectivity index (χ3n) is 1.60. The number of nitrogens with one attached hydrogen (secondary N) is 2. The number of hydrogen-bond donors (Lipinski definition) is 3. The predicted octanol–water partition coefficient (Wildman–Crippen LogP) is 1.19. The van der Waals surface area contributed by atoms with Gasteiger partial charge < -0.3 is 16.4 Å². The van der Waals surface area contributed by atoms with Gasteiger partial charge in [-0.2, -0.15) is 0 Å². The first-order valence-electron chi connectivity index (χ1n) is 4.43. The summed E-state index contributed by atoms with van der Waals surface area (Å²) in [5, 5.41) is 5.18. The van der Waals surface area contributed by atoms with Crippen LogP contribution in [0.1, 0.15) is 13.8 Å². The zero-order valence-corrected chi connectivity index (χ0v) is 8.63. The second-order valence-electron chi connectivity index (χ2n) is 3.21. The fourth-order valence-electron chi connectivity index (χ4n) is 1.20. The largest absolute Gasteiger partial charge is 0.399 e. The minimum Gasteiger partial charge on any atom is -0.399 e. The van der Waals surface area contributed by atoms with E-state index in [9.17, 15) is 9.59 Å². The maximum atomic E-state index is 10.8. The molecular formula is C10H13N3O2. The van der Waals surface area contributed by atoms with Gasteiger partial charge in [-0.25, -0.2) is 0 Å². The van der Waals surface area contributed by atoms with E-state index in [2.05, 4.69) is 10.6 Å². The van der Waals surface area contributed by atoms with Gasteiger partial charge in [0.15, 0.2) is 0 Å². The van der Waals surface area contributed by atoms with Crippen LogP contribution in [0, 0.1) is 0 Å². The Morgan fingerprint density at radius 2 is 1.40 bits per heavy atom. The normalized spacial score (nSPS) is 9.47. The summed E-state index contributed by atoms with van der Waals surface area (Å²) in [5.74, 6) is -0.372. The van der Waals surface area contributed by atoms with E-state index in [1.165, 1.54) is 13.8 Å². The summed E-state index contributed by atoms with van der Waals surface area (Å²) < 4.78 is 0. The zero-order valence-electron chi connectivity index (χ0n) is 8.63. The quantitative estimate of drug-likeness (QED) is 0.637. The van der Waals surface area contributed by atoms with E-state index < -0.39 is 0 Å². The van der Waals surface area contributed by atoms with E-state index >= 15 is 0 Å². The van der Waals surface area contributed by atoms with Crippen molar-refractivity contribution in [1.29, 1.82) is 0 Å². The van der Waals surface area contributed by atoms with Gasteiger partial charge in [-0.05, 0) is 18.2 Å². The molecule has 0 bridgehead atoms. The standard InChI is InChI=1S/C10H13N3O2/c1-6(14)12-9-3-8(11)4-10(5-9)13-7(2)15/h3-5H,11H2,1-2H3,(H,12,14)(H,13,15). The highest BCUT2D eigenvalue weighted by Crippen LogP contribution is 2.20. The molecule has 0 atom stereocenters. The summed E-state index contributed by atoms with van der Waals surface area (Å²) in [6.07, 6.45) is 0. The van der Waals surface area contributed by atoms with Gasteiger partial charge in [-0.15, -0.1) is 0 Å². The highest BCUT2D eigenvalue weighted by Gasteiger charge is 2.01. The van der Waals surface area contributed by atoms with Crippen LogP contribution in [-0.4, -0.2) is 11.8 Å². The third kappa shape index (κ3) is 3.68. The topological polar surface area (TPSA) is 84.2 Å². The van der Waals surface area contributed by atoms with Crippen molar-refractivity contribution >= 4 is 28.9 Å². The van der Waals surface area contributed by atoms with E-state index in [1.54, 1.807) is 18.2 Å². The molecule has 1 rings (SSSR count). The fourth-order valence-corrected chi connectivity index (χ4v) is 1.20. The molecular weight excluding hydrogens is 194 g/mol. The molecule has 5 heteroatoms. The molecule has 1 aromatic rings. The molecule has 0 aliphatic heterocycles. The first-order chi connectivity index (χ1) is 6.97. The Morgan fingerprint density at radius 3 is 1.73 bits per heavy atom. The lowest BCUT2D eigenvalue weighted by molar-refractivity contribution is -0.115. The summed E-state index contributed by atoms with van der Waals surface area (Å²) in [5.41, 5.74) is 7.21. The molecule has 0 aliphatic carbocycles. The molecule has 0 saturated carbocycles. The molecule has 4 N–H and O–H groups in total. The van der Waals surface area contributed by atoms with Gasteiger partial charge >= 0.3 is 0 Å². The molecule has 0 fully saturated rings. The lowest BCUT2D eigenvalue weighted by Crippen LogP contribution is -2.09. The molecule has 0 spiro atoms. The number of hydrogen-bond acceptors (Lipinski definition) is 3. The first kappa shape index (κ1) is 11.0. The number of nitrogen functional groups attached to an aromatic ring is 1. The molecule has 5 nitrogen and oxygen atoms in total. The average Bonchev–Trinajstić information content (AvgIpc) is 1.98. The van der Waals surface area contributed by atoms with E-state index in [-0.39, 0.29) is 11.8 Å². The van der Waals surface area contributed by atoms with Crippen LogP contribution in [0.2, 0.25) is 0 Å². The van der Waals surface area contributed by atoms with Gasteiger partial charge in [0.25, 0.3) is 0 Å². The average molecular weight is 207 g/mol. The molecule has 2 amide bonds. The van der Waals surface area contributed by atoms with E-state index in [1.807, 2.05) is 0 Å². The Morgan fingerprint density at radius 1 is 1.00 bits per heavy atom. The summed E-state index contributed by atoms with van der Waals surface area (Å²) in [4.78, 5) is 21.6. The van der Waals surface area contributed by atoms with Crippen molar-refractivity contribution in [3.8, 4) is 0 Å².